The molecule has 2 aromatic carbocycles. The molecule has 0 saturated heterocycles. The van der Waals surface area contributed by atoms with Crippen molar-refractivity contribution in [3.63, 3.8) is 0 Å². The lowest BCUT2D eigenvalue weighted by atomic mass is 10.1. The van der Waals surface area contributed by atoms with E-state index >= 15 is 0 Å². The molecule has 0 bridgehead atoms. The number of hydrogen-bond acceptors (Lipinski definition) is 5. The van der Waals surface area contributed by atoms with Gasteiger partial charge >= 0.3 is 0 Å². The van der Waals surface area contributed by atoms with Crippen LogP contribution in [0.2, 0.25) is 0 Å². The van der Waals surface area contributed by atoms with Crippen LogP contribution >= 0.6 is 11.8 Å². The number of halogens is 1. The Kier molecular flexibility index (Phi) is 5.62. The molecule has 9 heteroatoms. The van der Waals surface area contributed by atoms with Crippen LogP contribution in [0.3, 0.4) is 0 Å². The number of hydrogen-bond donors (Lipinski definition) is 1. The molecule has 152 valence electrons. The molecule has 1 N–H and O–H groups in total. The summed E-state index contributed by atoms with van der Waals surface area (Å²) in [6, 6.07) is 13.5. The van der Waals surface area contributed by atoms with Crippen molar-refractivity contribution in [2.24, 2.45) is 0 Å². The second-order valence-electron chi connectivity index (χ2n) is 6.57. The number of benzene rings is 2. The summed E-state index contributed by atoms with van der Waals surface area (Å²) in [4.78, 5) is 21.3. The molecule has 0 spiro atoms. The first-order valence-corrected chi connectivity index (χ1v) is 10.4. The topological polar surface area (TPSA) is 77.6 Å². The van der Waals surface area contributed by atoms with Gasteiger partial charge in [0.25, 0.3) is 5.91 Å². The molecular formula is C21H19FN6OS. The van der Waals surface area contributed by atoms with Crippen molar-refractivity contribution >= 4 is 17.7 Å². The SMILES string of the molecule is CSc1ncc(C(=O)N[C@H](C)c2ccc(-n3cncn3)cc2)n1-c1ccc(F)cc1. The summed E-state index contributed by atoms with van der Waals surface area (Å²) in [5.74, 6) is -0.599. The van der Waals surface area contributed by atoms with Gasteiger partial charge in [0.1, 0.15) is 24.2 Å². The van der Waals surface area contributed by atoms with E-state index in [0.29, 0.717) is 16.5 Å². The van der Waals surface area contributed by atoms with Crippen LogP contribution in [0.5, 0.6) is 0 Å². The van der Waals surface area contributed by atoms with Gasteiger partial charge in [0.2, 0.25) is 0 Å². The van der Waals surface area contributed by atoms with Gasteiger partial charge in [-0.1, -0.05) is 23.9 Å². The highest BCUT2D eigenvalue weighted by molar-refractivity contribution is 7.98. The average Bonchev–Trinajstić information content (AvgIpc) is 3.44. The molecule has 1 amide bonds. The van der Waals surface area contributed by atoms with E-state index in [0.717, 1.165) is 11.3 Å². The van der Waals surface area contributed by atoms with Gasteiger partial charge in [-0.3, -0.25) is 9.36 Å². The van der Waals surface area contributed by atoms with E-state index in [2.05, 4.69) is 20.4 Å². The van der Waals surface area contributed by atoms with Gasteiger partial charge in [0.05, 0.1) is 17.9 Å². The number of amides is 1. The highest BCUT2D eigenvalue weighted by Gasteiger charge is 2.20. The standard InChI is InChI=1S/C21H19FN6OS/c1-14(15-3-7-17(8-4-15)27-13-23-12-25-27)26-20(29)19-11-24-21(30-2)28(19)18-9-5-16(22)6-10-18/h3-14H,1-2H3,(H,26,29)/t14-/m1/s1. The predicted molar refractivity (Wildman–Crippen MR) is 113 cm³/mol. The van der Waals surface area contributed by atoms with Crippen LogP contribution in [-0.2, 0) is 0 Å². The van der Waals surface area contributed by atoms with Crippen molar-refractivity contribution < 1.29 is 9.18 Å². The molecule has 0 aliphatic heterocycles. The lowest BCUT2D eigenvalue weighted by Gasteiger charge is -2.16. The number of thioether (sulfide) groups is 1. The molecule has 4 aromatic rings. The Balaban J connectivity index is 1.55. The maximum absolute atomic E-state index is 13.3. The van der Waals surface area contributed by atoms with Crippen LogP contribution in [0.25, 0.3) is 11.4 Å². The normalized spacial score (nSPS) is 12.0. The Morgan fingerprint density at radius 2 is 1.80 bits per heavy atom. The van der Waals surface area contributed by atoms with Crippen molar-refractivity contribution in [3.8, 4) is 11.4 Å². The third-order valence-corrected chi connectivity index (χ3v) is 5.31. The fourth-order valence-electron chi connectivity index (χ4n) is 3.09. The summed E-state index contributed by atoms with van der Waals surface area (Å²) >= 11 is 1.41. The minimum absolute atomic E-state index is 0.225. The Labute approximate surface area is 177 Å². The van der Waals surface area contributed by atoms with Gasteiger partial charge in [0.15, 0.2) is 5.16 Å². The van der Waals surface area contributed by atoms with Crippen molar-refractivity contribution in [2.75, 3.05) is 6.26 Å². The van der Waals surface area contributed by atoms with Gasteiger partial charge in [0, 0.05) is 5.69 Å². The fourth-order valence-corrected chi connectivity index (χ4v) is 3.63. The summed E-state index contributed by atoms with van der Waals surface area (Å²) in [5.41, 5.74) is 2.89. The molecule has 0 aliphatic rings. The smallest absolute Gasteiger partial charge is 0.270 e. The zero-order chi connectivity index (χ0) is 21.1. The number of nitrogens with zero attached hydrogens (tertiary/aromatic N) is 5. The number of nitrogens with one attached hydrogen (secondary N) is 1. The van der Waals surface area contributed by atoms with Crippen molar-refractivity contribution in [3.05, 3.63) is 84.5 Å². The Bertz CT molecular complexity index is 1140. The highest BCUT2D eigenvalue weighted by Crippen LogP contribution is 2.23. The number of imidazole rings is 1. The minimum atomic E-state index is -0.335. The van der Waals surface area contributed by atoms with Crippen molar-refractivity contribution in [1.29, 1.82) is 0 Å². The maximum atomic E-state index is 13.3. The molecule has 2 aromatic heterocycles. The third-order valence-electron chi connectivity index (χ3n) is 4.65. The Morgan fingerprint density at radius 1 is 1.10 bits per heavy atom. The van der Waals surface area contributed by atoms with E-state index in [4.69, 9.17) is 0 Å². The second kappa shape index (κ2) is 8.50. The third kappa shape index (κ3) is 3.97. The molecule has 0 aliphatic carbocycles. The molecule has 7 nitrogen and oxygen atoms in total. The van der Waals surface area contributed by atoms with E-state index in [1.165, 1.54) is 36.4 Å². The van der Waals surface area contributed by atoms with Crippen LogP contribution < -0.4 is 5.32 Å². The second-order valence-corrected chi connectivity index (χ2v) is 7.34. The van der Waals surface area contributed by atoms with E-state index in [-0.39, 0.29) is 17.8 Å². The average molecular weight is 422 g/mol. The first-order valence-electron chi connectivity index (χ1n) is 9.20. The summed E-state index contributed by atoms with van der Waals surface area (Å²) in [5, 5.41) is 7.76. The summed E-state index contributed by atoms with van der Waals surface area (Å²) in [7, 11) is 0. The fraction of sp³-hybridized carbons (Fsp3) is 0.143. The first-order chi connectivity index (χ1) is 14.6. The molecule has 30 heavy (non-hydrogen) atoms. The number of rotatable bonds is 6. The van der Waals surface area contributed by atoms with Crippen LogP contribution in [0.1, 0.15) is 29.0 Å². The number of aromatic nitrogens is 5. The van der Waals surface area contributed by atoms with E-state index in [9.17, 15) is 9.18 Å². The van der Waals surface area contributed by atoms with Gasteiger partial charge < -0.3 is 5.32 Å². The molecule has 0 fully saturated rings. The van der Waals surface area contributed by atoms with Crippen LogP contribution in [-0.4, -0.2) is 36.5 Å². The summed E-state index contributed by atoms with van der Waals surface area (Å²) in [6.07, 6.45) is 6.51. The zero-order valence-electron chi connectivity index (χ0n) is 16.4. The van der Waals surface area contributed by atoms with Crippen LogP contribution in [0.15, 0.2) is 72.5 Å². The lowest BCUT2D eigenvalue weighted by molar-refractivity contribution is 0.0932. The van der Waals surface area contributed by atoms with Crippen molar-refractivity contribution in [1.82, 2.24) is 29.6 Å². The maximum Gasteiger partial charge on any atom is 0.270 e. The predicted octanol–water partition coefficient (Wildman–Crippen LogP) is 3.81. The van der Waals surface area contributed by atoms with Gasteiger partial charge in [-0.25, -0.2) is 19.0 Å². The zero-order valence-corrected chi connectivity index (χ0v) is 17.2. The van der Waals surface area contributed by atoms with Crippen LogP contribution in [0, 0.1) is 5.82 Å². The van der Waals surface area contributed by atoms with E-state index in [1.807, 2.05) is 37.4 Å². The Morgan fingerprint density at radius 3 is 2.43 bits per heavy atom. The highest BCUT2D eigenvalue weighted by atomic mass is 32.2. The lowest BCUT2D eigenvalue weighted by Crippen LogP contribution is -2.28. The minimum Gasteiger partial charge on any atom is -0.344 e. The first kappa shape index (κ1) is 19.8. The largest absolute Gasteiger partial charge is 0.344 e. The number of carbonyl (C=O) groups is 1. The molecule has 0 unspecified atom stereocenters. The summed E-state index contributed by atoms with van der Waals surface area (Å²) in [6.45, 7) is 1.91. The van der Waals surface area contributed by atoms with Gasteiger partial charge in [-0.2, -0.15) is 5.10 Å². The van der Waals surface area contributed by atoms with Gasteiger partial charge in [-0.15, -0.1) is 0 Å². The van der Waals surface area contributed by atoms with Crippen LogP contribution in [0.4, 0.5) is 4.39 Å². The summed E-state index contributed by atoms with van der Waals surface area (Å²) < 4.78 is 16.7. The molecule has 2 heterocycles. The monoisotopic (exact) mass is 422 g/mol. The Hall–Kier alpha value is -3.46. The van der Waals surface area contributed by atoms with E-state index in [1.54, 1.807) is 27.7 Å². The molecule has 1 atom stereocenters. The number of carbonyl (C=O) groups excluding carboxylic acids is 1. The molecule has 4 rings (SSSR count). The van der Waals surface area contributed by atoms with Gasteiger partial charge in [-0.05, 0) is 55.1 Å². The van der Waals surface area contributed by atoms with E-state index < -0.39 is 0 Å². The molecule has 0 saturated carbocycles. The van der Waals surface area contributed by atoms with Crippen molar-refractivity contribution in [2.45, 2.75) is 18.1 Å². The molecule has 0 radical (unpaired) electrons. The quantitative estimate of drug-likeness (QED) is 0.478. The molecular weight excluding hydrogens is 403 g/mol.